The van der Waals surface area contributed by atoms with Crippen molar-refractivity contribution in [3.8, 4) is 0 Å². The summed E-state index contributed by atoms with van der Waals surface area (Å²) in [5.74, 6) is 1.78. The molecule has 0 amide bonds. The molecule has 0 heterocycles. The highest BCUT2D eigenvalue weighted by molar-refractivity contribution is 6.67. The van der Waals surface area contributed by atoms with Gasteiger partial charge < -0.3 is 8.85 Å². The average Bonchev–Trinajstić information content (AvgIpc) is 2.93. The van der Waals surface area contributed by atoms with E-state index in [1.165, 1.54) is 69.9 Å². The largest absolute Gasteiger partial charge is 0.394 e. The van der Waals surface area contributed by atoms with Crippen LogP contribution in [0.3, 0.4) is 0 Å². The third-order valence-electron chi connectivity index (χ3n) is 5.21. The first-order chi connectivity index (χ1) is 9.78. The first-order valence-corrected chi connectivity index (χ1v) is 11.3. The molecule has 20 heavy (non-hydrogen) atoms. The van der Waals surface area contributed by atoms with Crippen LogP contribution in [0.2, 0.25) is 12.1 Å². The van der Waals surface area contributed by atoms with Crippen molar-refractivity contribution in [2.75, 3.05) is 13.2 Å². The summed E-state index contributed by atoms with van der Waals surface area (Å²) >= 11 is 0. The SMILES string of the molecule is CCO[Si](CC1CCCCC1)(CC1CCCC1)OCC. The second kappa shape index (κ2) is 8.55. The van der Waals surface area contributed by atoms with Crippen LogP contribution in [0.1, 0.15) is 71.6 Å². The normalized spacial score (nSPS) is 22.5. The van der Waals surface area contributed by atoms with Crippen molar-refractivity contribution in [1.82, 2.24) is 0 Å². The molecule has 0 spiro atoms. The van der Waals surface area contributed by atoms with Gasteiger partial charge in [0.15, 0.2) is 0 Å². The van der Waals surface area contributed by atoms with Gasteiger partial charge in [-0.2, -0.15) is 0 Å². The zero-order valence-corrected chi connectivity index (χ0v) is 14.7. The van der Waals surface area contributed by atoms with Crippen LogP contribution in [-0.4, -0.2) is 21.8 Å². The van der Waals surface area contributed by atoms with Crippen LogP contribution < -0.4 is 0 Å². The van der Waals surface area contributed by atoms with Crippen molar-refractivity contribution < 1.29 is 8.85 Å². The lowest BCUT2D eigenvalue weighted by Gasteiger charge is -2.36. The van der Waals surface area contributed by atoms with Crippen molar-refractivity contribution in [2.45, 2.75) is 83.7 Å². The summed E-state index contributed by atoms with van der Waals surface area (Å²) in [7, 11) is -1.95. The Morgan fingerprint density at radius 3 is 1.50 bits per heavy atom. The quantitative estimate of drug-likeness (QED) is 0.568. The van der Waals surface area contributed by atoms with Gasteiger partial charge in [-0.1, -0.05) is 57.8 Å². The average molecular weight is 299 g/mol. The van der Waals surface area contributed by atoms with E-state index in [4.69, 9.17) is 8.85 Å². The van der Waals surface area contributed by atoms with Gasteiger partial charge in [-0.05, 0) is 37.8 Å². The predicted molar refractivity (Wildman–Crippen MR) is 87.2 cm³/mol. The highest BCUT2D eigenvalue weighted by Gasteiger charge is 2.42. The molecule has 0 aromatic carbocycles. The Morgan fingerprint density at radius 1 is 0.700 bits per heavy atom. The van der Waals surface area contributed by atoms with Crippen LogP contribution in [0.25, 0.3) is 0 Å². The van der Waals surface area contributed by atoms with E-state index in [9.17, 15) is 0 Å². The highest BCUT2D eigenvalue weighted by Crippen LogP contribution is 2.39. The fraction of sp³-hybridized carbons (Fsp3) is 1.00. The second-order valence-corrected chi connectivity index (χ2v) is 10.1. The van der Waals surface area contributed by atoms with Gasteiger partial charge in [-0.15, -0.1) is 0 Å². The molecule has 2 aliphatic rings. The molecule has 0 unspecified atom stereocenters. The van der Waals surface area contributed by atoms with Gasteiger partial charge in [0.25, 0.3) is 0 Å². The van der Waals surface area contributed by atoms with Crippen molar-refractivity contribution in [1.29, 1.82) is 0 Å². The molecular formula is C17H34O2Si. The molecule has 2 aliphatic carbocycles. The number of hydrogen-bond donors (Lipinski definition) is 0. The van der Waals surface area contributed by atoms with Crippen molar-refractivity contribution in [3.63, 3.8) is 0 Å². The van der Waals surface area contributed by atoms with Gasteiger partial charge in [0.05, 0.1) is 0 Å². The topological polar surface area (TPSA) is 18.5 Å². The molecule has 2 nitrogen and oxygen atoms in total. The number of rotatable bonds is 8. The fourth-order valence-corrected chi connectivity index (χ4v) is 8.72. The molecular weight excluding hydrogens is 264 g/mol. The molecule has 0 N–H and O–H groups in total. The van der Waals surface area contributed by atoms with Gasteiger partial charge in [0, 0.05) is 13.2 Å². The third-order valence-corrected chi connectivity index (χ3v) is 9.24. The smallest absolute Gasteiger partial charge is 0.338 e. The summed E-state index contributed by atoms with van der Waals surface area (Å²) < 4.78 is 12.7. The Bertz CT molecular complexity index is 252. The minimum Gasteiger partial charge on any atom is -0.394 e. The molecule has 0 radical (unpaired) electrons. The van der Waals surface area contributed by atoms with Crippen LogP contribution in [0.4, 0.5) is 0 Å². The standard InChI is InChI=1S/C17H34O2Si/c1-3-18-20(19-4-2,15-17-12-8-9-13-17)14-16-10-6-5-7-11-16/h16-17H,3-15H2,1-2H3. The van der Waals surface area contributed by atoms with Crippen LogP contribution in [0.5, 0.6) is 0 Å². The molecule has 2 saturated carbocycles. The maximum atomic E-state index is 6.35. The highest BCUT2D eigenvalue weighted by atomic mass is 28.4. The van der Waals surface area contributed by atoms with E-state index in [-0.39, 0.29) is 0 Å². The van der Waals surface area contributed by atoms with Crippen molar-refractivity contribution in [3.05, 3.63) is 0 Å². The third kappa shape index (κ3) is 4.85. The monoisotopic (exact) mass is 298 g/mol. The summed E-state index contributed by atoms with van der Waals surface area (Å²) in [5.41, 5.74) is 0. The molecule has 3 heteroatoms. The molecule has 2 rings (SSSR count). The number of hydrogen-bond acceptors (Lipinski definition) is 2. The first kappa shape index (κ1) is 16.5. The Morgan fingerprint density at radius 2 is 1.10 bits per heavy atom. The summed E-state index contributed by atoms with van der Waals surface area (Å²) in [4.78, 5) is 0. The van der Waals surface area contributed by atoms with E-state index in [1.54, 1.807) is 0 Å². The van der Waals surface area contributed by atoms with Gasteiger partial charge >= 0.3 is 8.56 Å². The molecule has 0 bridgehead atoms. The van der Waals surface area contributed by atoms with Gasteiger partial charge in [-0.3, -0.25) is 0 Å². The van der Waals surface area contributed by atoms with Crippen LogP contribution >= 0.6 is 0 Å². The minimum atomic E-state index is -1.95. The molecule has 2 fully saturated rings. The van der Waals surface area contributed by atoms with E-state index in [1.807, 2.05) is 0 Å². The van der Waals surface area contributed by atoms with E-state index < -0.39 is 8.56 Å². The van der Waals surface area contributed by atoms with Gasteiger partial charge in [-0.25, -0.2) is 0 Å². The maximum absolute atomic E-state index is 6.35. The van der Waals surface area contributed by atoms with Crippen molar-refractivity contribution in [2.24, 2.45) is 11.8 Å². The summed E-state index contributed by atoms with van der Waals surface area (Å²) in [5, 5.41) is 0. The van der Waals surface area contributed by atoms with Crippen LogP contribution in [0, 0.1) is 11.8 Å². The van der Waals surface area contributed by atoms with Crippen LogP contribution in [-0.2, 0) is 8.85 Å². The Labute approximate surface area is 126 Å². The van der Waals surface area contributed by atoms with E-state index in [0.717, 1.165) is 25.0 Å². The van der Waals surface area contributed by atoms with E-state index in [0.29, 0.717) is 0 Å². The lowest BCUT2D eigenvalue weighted by Crippen LogP contribution is -2.45. The van der Waals surface area contributed by atoms with Gasteiger partial charge in [0.2, 0.25) is 0 Å². The van der Waals surface area contributed by atoms with Crippen molar-refractivity contribution >= 4 is 8.56 Å². The molecule has 118 valence electrons. The lowest BCUT2D eigenvalue weighted by atomic mass is 9.91. The summed E-state index contributed by atoms with van der Waals surface area (Å²) in [6.45, 7) is 5.98. The minimum absolute atomic E-state index is 0.839. The Kier molecular flexibility index (Phi) is 7.06. The van der Waals surface area contributed by atoms with E-state index in [2.05, 4.69) is 13.8 Å². The summed E-state index contributed by atoms with van der Waals surface area (Å²) in [6.07, 6.45) is 12.8. The first-order valence-electron chi connectivity index (χ1n) is 9.06. The molecule has 0 atom stereocenters. The molecule has 0 aliphatic heterocycles. The molecule has 0 saturated heterocycles. The zero-order valence-electron chi connectivity index (χ0n) is 13.7. The second-order valence-electron chi connectivity index (χ2n) is 6.84. The molecule has 0 aromatic rings. The Balaban J connectivity index is 1.98. The predicted octanol–water partition coefficient (Wildman–Crippen LogP) is 5.27. The fourth-order valence-electron chi connectivity index (χ4n) is 4.37. The Hall–Kier alpha value is 0.137. The molecule has 0 aromatic heterocycles. The van der Waals surface area contributed by atoms with E-state index >= 15 is 0 Å². The maximum Gasteiger partial charge on any atom is 0.338 e. The van der Waals surface area contributed by atoms with Crippen LogP contribution in [0.15, 0.2) is 0 Å². The summed E-state index contributed by atoms with van der Waals surface area (Å²) in [6, 6.07) is 2.54. The van der Waals surface area contributed by atoms with Gasteiger partial charge in [0.1, 0.15) is 0 Å². The zero-order chi connectivity index (χ0) is 14.3. The lowest BCUT2D eigenvalue weighted by molar-refractivity contribution is 0.167.